The Kier molecular flexibility index (Phi) is 13.0. The number of urea groups is 1. The molecule has 1 N–H and O–H groups in total. The summed E-state index contributed by atoms with van der Waals surface area (Å²) in [5.41, 5.74) is 1.56. The van der Waals surface area contributed by atoms with Gasteiger partial charge in [-0.15, -0.1) is 0 Å². The molecule has 3 aromatic carbocycles. The molecule has 1 unspecified atom stereocenters. The first-order valence-corrected chi connectivity index (χ1v) is 19.5. The largest absolute Gasteiger partial charge is 0.493 e. The summed E-state index contributed by atoms with van der Waals surface area (Å²) in [5, 5.41) is 4.34. The third-order valence-corrected chi connectivity index (χ3v) is 12.0. The number of likely N-dealkylation sites (tertiary alicyclic amines) is 2. The van der Waals surface area contributed by atoms with Crippen molar-refractivity contribution < 1.29 is 38.1 Å². The number of morpholine rings is 1. The fraction of sp³-hybridized carbons (Fsp3) is 0.488. The Morgan fingerprint density at radius 2 is 1.55 bits per heavy atom. The van der Waals surface area contributed by atoms with E-state index < -0.39 is 17.6 Å². The van der Waals surface area contributed by atoms with Gasteiger partial charge in [0, 0.05) is 43.7 Å². The van der Waals surface area contributed by atoms with E-state index in [1.807, 2.05) is 41.3 Å². The average Bonchev–Trinajstić information content (AvgIpc) is 3.66. The third kappa shape index (κ3) is 8.77. The highest BCUT2D eigenvalue weighted by Crippen LogP contribution is 2.43. The number of nitrogens with zero attached hydrogens (tertiary/aromatic N) is 3. The Morgan fingerprint density at radius 1 is 0.836 bits per heavy atom. The Balaban J connectivity index is 1.18. The zero-order valence-corrected chi connectivity index (χ0v) is 33.4. The van der Waals surface area contributed by atoms with E-state index in [2.05, 4.69) is 22.3 Å². The van der Waals surface area contributed by atoms with Gasteiger partial charge in [-0.3, -0.25) is 4.79 Å². The molecule has 3 saturated heterocycles. The van der Waals surface area contributed by atoms with Crippen LogP contribution in [0.2, 0.25) is 10.0 Å². The predicted molar refractivity (Wildman–Crippen MR) is 210 cm³/mol. The van der Waals surface area contributed by atoms with Crippen molar-refractivity contribution in [2.24, 2.45) is 0 Å². The summed E-state index contributed by atoms with van der Waals surface area (Å²) in [7, 11) is 4.59. The zero-order chi connectivity index (χ0) is 39.2. The van der Waals surface area contributed by atoms with Crippen LogP contribution in [0.25, 0.3) is 0 Å². The first kappa shape index (κ1) is 40.4. The number of hydrogen-bond acceptors (Lipinski definition) is 9. The van der Waals surface area contributed by atoms with Crippen LogP contribution in [0.1, 0.15) is 54.1 Å². The molecule has 0 spiro atoms. The van der Waals surface area contributed by atoms with E-state index in [9.17, 15) is 14.4 Å². The number of hydrogen-bond donors (Lipinski definition) is 1. The van der Waals surface area contributed by atoms with Gasteiger partial charge < -0.3 is 43.7 Å². The molecule has 14 heteroatoms. The maximum atomic E-state index is 14.1. The lowest BCUT2D eigenvalue weighted by Crippen LogP contribution is -2.59. The molecule has 3 aliphatic heterocycles. The van der Waals surface area contributed by atoms with Crippen molar-refractivity contribution in [3.8, 4) is 17.2 Å². The maximum absolute atomic E-state index is 14.1. The topological polar surface area (TPSA) is 119 Å². The predicted octanol–water partition coefficient (Wildman–Crippen LogP) is 6.16. The number of methoxy groups -OCH3 is 3. The Morgan fingerprint density at radius 3 is 2.18 bits per heavy atom. The van der Waals surface area contributed by atoms with Gasteiger partial charge in [-0.2, -0.15) is 0 Å². The fourth-order valence-electron chi connectivity index (χ4n) is 8.11. The molecule has 0 aromatic heterocycles. The van der Waals surface area contributed by atoms with Crippen molar-refractivity contribution in [1.29, 1.82) is 0 Å². The molecule has 0 saturated carbocycles. The van der Waals surface area contributed by atoms with E-state index in [0.29, 0.717) is 65.3 Å². The minimum absolute atomic E-state index is 0.128. The summed E-state index contributed by atoms with van der Waals surface area (Å²) in [4.78, 5) is 46.3. The van der Waals surface area contributed by atoms with Crippen LogP contribution < -0.4 is 19.5 Å². The standard InChI is InChI=1S/C41H50Cl2N4O8/c1-5-54-38(49)35-26-46(21-22-55-35)39(50)44-41(29-9-7-6-8-10-29)15-18-45(19-16-41)17-13-40(30-11-12-31(42)32(43)25-30)14-20-47(27-40)37(48)28-23-33(51-2)36(53-4)34(24-28)52-3/h6-12,23-25,35H,5,13-22,26-27H2,1-4H3,(H,44,50)/t35?,40-/m1/s1. The lowest BCUT2D eigenvalue weighted by Gasteiger charge is -2.45. The van der Waals surface area contributed by atoms with Crippen molar-refractivity contribution in [2.45, 2.75) is 49.7 Å². The Hall–Kier alpha value is -4.23. The van der Waals surface area contributed by atoms with Gasteiger partial charge in [0.05, 0.1) is 56.7 Å². The fourth-order valence-corrected chi connectivity index (χ4v) is 8.41. The van der Waals surface area contributed by atoms with Crippen LogP contribution in [0.4, 0.5) is 4.79 Å². The monoisotopic (exact) mass is 796 g/mol. The molecule has 3 aromatic rings. The van der Waals surface area contributed by atoms with Gasteiger partial charge in [0.1, 0.15) is 0 Å². The number of piperidine rings is 1. The summed E-state index contributed by atoms with van der Waals surface area (Å²) >= 11 is 13.0. The molecule has 3 amide bonds. The summed E-state index contributed by atoms with van der Waals surface area (Å²) in [5.74, 6) is 0.670. The van der Waals surface area contributed by atoms with Gasteiger partial charge in [0.15, 0.2) is 17.6 Å². The summed E-state index contributed by atoms with van der Waals surface area (Å²) in [6.45, 7) is 6.08. The highest BCUT2D eigenvalue weighted by Gasteiger charge is 2.44. The highest BCUT2D eigenvalue weighted by atomic mass is 35.5. The van der Waals surface area contributed by atoms with Crippen LogP contribution in [0.15, 0.2) is 60.7 Å². The lowest BCUT2D eigenvalue weighted by atomic mass is 9.76. The number of carbonyl (C=O) groups is 3. The van der Waals surface area contributed by atoms with Crippen LogP contribution in [-0.2, 0) is 25.2 Å². The number of ether oxygens (including phenoxy) is 5. The van der Waals surface area contributed by atoms with E-state index in [1.165, 1.54) is 21.3 Å². The first-order valence-electron chi connectivity index (χ1n) is 18.7. The maximum Gasteiger partial charge on any atom is 0.337 e. The molecule has 3 aliphatic rings. The van der Waals surface area contributed by atoms with Gasteiger partial charge in [-0.05, 0) is 74.5 Å². The van der Waals surface area contributed by atoms with Crippen molar-refractivity contribution in [3.63, 3.8) is 0 Å². The van der Waals surface area contributed by atoms with Crippen molar-refractivity contribution >= 4 is 41.1 Å². The molecule has 0 aliphatic carbocycles. The minimum atomic E-state index is -0.805. The molecule has 0 radical (unpaired) electrons. The number of amides is 3. The molecule has 3 fully saturated rings. The molecule has 296 valence electrons. The first-order chi connectivity index (χ1) is 26.5. The van der Waals surface area contributed by atoms with Crippen LogP contribution in [0.3, 0.4) is 0 Å². The van der Waals surface area contributed by atoms with E-state index >= 15 is 0 Å². The minimum Gasteiger partial charge on any atom is -0.493 e. The normalized spacial score (nSPS) is 21.2. The average molecular weight is 798 g/mol. The van der Waals surface area contributed by atoms with Gasteiger partial charge in [0.25, 0.3) is 5.91 Å². The smallest absolute Gasteiger partial charge is 0.337 e. The van der Waals surface area contributed by atoms with Gasteiger partial charge >= 0.3 is 12.0 Å². The second-order valence-corrected chi connectivity index (χ2v) is 15.1. The summed E-state index contributed by atoms with van der Waals surface area (Å²) in [6.07, 6.45) is 2.10. The molecular weight excluding hydrogens is 747 g/mol. The molecule has 0 bridgehead atoms. The number of benzene rings is 3. The molecule has 12 nitrogen and oxygen atoms in total. The second-order valence-electron chi connectivity index (χ2n) is 14.3. The van der Waals surface area contributed by atoms with Crippen molar-refractivity contribution in [2.75, 3.05) is 80.4 Å². The molecule has 3 heterocycles. The van der Waals surface area contributed by atoms with Gasteiger partial charge in [0.2, 0.25) is 5.75 Å². The van der Waals surface area contributed by atoms with E-state index in [1.54, 1.807) is 24.0 Å². The Bertz CT molecular complexity index is 1810. The Labute approximate surface area is 332 Å². The van der Waals surface area contributed by atoms with Crippen LogP contribution in [0.5, 0.6) is 17.2 Å². The number of halogens is 2. The lowest BCUT2D eigenvalue weighted by molar-refractivity contribution is -0.160. The van der Waals surface area contributed by atoms with Crippen LogP contribution in [-0.4, -0.2) is 119 Å². The van der Waals surface area contributed by atoms with Gasteiger partial charge in [-0.1, -0.05) is 59.6 Å². The van der Waals surface area contributed by atoms with E-state index in [4.69, 9.17) is 46.9 Å². The summed E-state index contributed by atoms with van der Waals surface area (Å²) in [6, 6.07) is 19.0. The molecule has 2 atom stereocenters. The van der Waals surface area contributed by atoms with Crippen LogP contribution >= 0.6 is 23.2 Å². The number of nitrogens with one attached hydrogen (secondary N) is 1. The van der Waals surface area contributed by atoms with Crippen molar-refractivity contribution in [3.05, 3.63) is 87.4 Å². The van der Waals surface area contributed by atoms with Gasteiger partial charge in [-0.25, -0.2) is 9.59 Å². The highest BCUT2D eigenvalue weighted by molar-refractivity contribution is 6.42. The summed E-state index contributed by atoms with van der Waals surface area (Å²) < 4.78 is 27.3. The number of esters is 1. The molecule has 6 rings (SSSR count). The SMILES string of the molecule is CCOC(=O)C1CN(C(=O)NC2(c3ccccc3)CCN(CC[C@@]3(c4ccc(Cl)c(Cl)c4)CCN(C(=O)c4cc(OC)c(OC)c(OC)c4)C3)CC2)CCO1. The second kappa shape index (κ2) is 17.7. The van der Waals surface area contributed by atoms with Crippen LogP contribution in [0, 0.1) is 0 Å². The van der Waals surface area contributed by atoms with E-state index in [-0.39, 0.29) is 37.1 Å². The quantitative estimate of drug-likeness (QED) is 0.215. The number of rotatable bonds is 12. The number of carbonyl (C=O) groups excluding carboxylic acids is 3. The molecular formula is C41H50Cl2N4O8. The van der Waals surface area contributed by atoms with E-state index in [0.717, 1.165) is 43.6 Å². The third-order valence-electron chi connectivity index (χ3n) is 11.3. The van der Waals surface area contributed by atoms with Crippen molar-refractivity contribution in [1.82, 2.24) is 20.0 Å². The zero-order valence-electron chi connectivity index (χ0n) is 31.9. The molecule has 55 heavy (non-hydrogen) atoms.